The Hall–Kier alpha value is -2.57. The van der Waals surface area contributed by atoms with Gasteiger partial charge in [0.05, 0.1) is 16.3 Å². The van der Waals surface area contributed by atoms with Crippen LogP contribution in [-0.2, 0) is 0 Å². The Balaban J connectivity index is 0.000000872. The molecule has 4 aromatic heterocycles. The maximum absolute atomic E-state index is 4.92. The minimum Gasteiger partial charge on any atom is -0.360 e. The number of H-pyrrole nitrogens is 3. The lowest BCUT2D eigenvalue weighted by molar-refractivity contribution is 1.30. The molecule has 0 saturated carbocycles. The molecule has 0 aliphatic carbocycles. The van der Waals surface area contributed by atoms with Crippen LogP contribution < -0.4 is 0 Å². The molecule has 0 aliphatic rings. The van der Waals surface area contributed by atoms with Crippen LogP contribution in [-0.4, -0.2) is 19.9 Å². The normalized spacial score (nSPS) is 10.8. The van der Waals surface area contributed by atoms with Crippen molar-refractivity contribution in [2.45, 2.75) is 13.8 Å². The van der Waals surface area contributed by atoms with Gasteiger partial charge in [0.2, 0.25) is 0 Å². The second-order valence-corrected chi connectivity index (χ2v) is 7.63. The first kappa shape index (κ1) is 17.8. The third kappa shape index (κ3) is 3.26. The summed E-state index contributed by atoms with van der Waals surface area (Å²) in [5, 5.41) is 3.22. The van der Waals surface area contributed by atoms with Crippen LogP contribution in [0, 0.1) is 0 Å². The van der Waals surface area contributed by atoms with Crippen LogP contribution in [0.25, 0.3) is 44.2 Å². The standard InChI is InChI=1S/C19H13BrN4S.C2H6/c20-11-5-6-14-12(9-11)13(10-22-14)19-23-17(15-3-1-7-21-15)18(24-19)16-4-2-8-25-16;1-2/h1-10,21-22H,(H,23,24);1-2H3. The molecule has 4 nitrogen and oxygen atoms in total. The molecule has 5 rings (SSSR count). The number of halogens is 1. The van der Waals surface area contributed by atoms with E-state index >= 15 is 0 Å². The fourth-order valence-electron chi connectivity index (χ4n) is 3.06. The van der Waals surface area contributed by atoms with Gasteiger partial charge in [-0.05, 0) is 41.8 Å². The van der Waals surface area contributed by atoms with Crippen molar-refractivity contribution in [3.63, 3.8) is 0 Å². The van der Waals surface area contributed by atoms with E-state index in [2.05, 4.69) is 60.5 Å². The number of fused-ring (bicyclic) bond motifs is 1. The van der Waals surface area contributed by atoms with E-state index in [9.17, 15) is 0 Å². The molecule has 0 unspecified atom stereocenters. The Morgan fingerprint density at radius 1 is 1.04 bits per heavy atom. The van der Waals surface area contributed by atoms with Crippen LogP contribution in [0.3, 0.4) is 0 Å². The highest BCUT2D eigenvalue weighted by Gasteiger charge is 2.18. The van der Waals surface area contributed by atoms with Crippen LogP contribution in [0.4, 0.5) is 0 Å². The second kappa shape index (κ2) is 7.58. The molecular weight excluding hydrogens is 420 g/mol. The fourth-order valence-corrected chi connectivity index (χ4v) is 4.15. The van der Waals surface area contributed by atoms with Gasteiger partial charge < -0.3 is 15.0 Å². The Morgan fingerprint density at radius 3 is 2.67 bits per heavy atom. The average molecular weight is 439 g/mol. The van der Waals surface area contributed by atoms with Crippen molar-refractivity contribution >= 4 is 38.2 Å². The van der Waals surface area contributed by atoms with Crippen molar-refractivity contribution in [1.29, 1.82) is 0 Å². The largest absolute Gasteiger partial charge is 0.360 e. The Labute approximate surface area is 169 Å². The molecule has 1 aromatic carbocycles. The highest BCUT2D eigenvalue weighted by Crippen LogP contribution is 2.36. The van der Waals surface area contributed by atoms with Gasteiger partial charge >= 0.3 is 0 Å². The van der Waals surface area contributed by atoms with Crippen molar-refractivity contribution in [3.8, 4) is 33.3 Å². The van der Waals surface area contributed by atoms with Gasteiger partial charge in [-0.1, -0.05) is 35.8 Å². The van der Waals surface area contributed by atoms with Gasteiger partial charge in [0.15, 0.2) is 0 Å². The minimum absolute atomic E-state index is 0.859. The molecule has 0 fully saturated rings. The van der Waals surface area contributed by atoms with Gasteiger partial charge in [-0.25, -0.2) is 4.98 Å². The van der Waals surface area contributed by atoms with E-state index in [4.69, 9.17) is 4.98 Å². The first-order valence-corrected chi connectivity index (χ1v) is 10.5. The summed E-state index contributed by atoms with van der Waals surface area (Å²) >= 11 is 5.26. The summed E-state index contributed by atoms with van der Waals surface area (Å²) in [6.45, 7) is 4.00. The van der Waals surface area contributed by atoms with Crippen molar-refractivity contribution in [1.82, 2.24) is 19.9 Å². The summed E-state index contributed by atoms with van der Waals surface area (Å²) in [6.07, 6.45) is 3.93. The predicted octanol–water partition coefficient (Wildman–Crippen LogP) is 7.07. The van der Waals surface area contributed by atoms with Crippen LogP contribution in [0.1, 0.15) is 13.8 Å². The van der Waals surface area contributed by atoms with Gasteiger partial charge in [-0.15, -0.1) is 11.3 Å². The number of nitrogens with zero attached hydrogens (tertiary/aromatic N) is 1. The number of nitrogens with one attached hydrogen (secondary N) is 3. The number of aromatic nitrogens is 4. The molecule has 0 bridgehead atoms. The van der Waals surface area contributed by atoms with E-state index in [1.54, 1.807) is 11.3 Å². The zero-order valence-electron chi connectivity index (χ0n) is 15.0. The summed E-state index contributed by atoms with van der Waals surface area (Å²) in [4.78, 5) is 16.2. The Bertz CT molecular complexity index is 1100. The molecule has 0 radical (unpaired) electrons. The monoisotopic (exact) mass is 438 g/mol. The molecular formula is C21H19BrN4S. The summed E-state index contributed by atoms with van der Waals surface area (Å²) in [5.74, 6) is 0.859. The number of aromatic amines is 3. The van der Waals surface area contributed by atoms with Crippen LogP contribution in [0.5, 0.6) is 0 Å². The molecule has 0 saturated heterocycles. The summed E-state index contributed by atoms with van der Waals surface area (Å²) in [6, 6.07) is 14.4. The second-order valence-electron chi connectivity index (χ2n) is 5.76. The minimum atomic E-state index is 0.859. The average Bonchev–Trinajstić information content (AvgIpc) is 3.48. The number of hydrogen-bond acceptors (Lipinski definition) is 2. The summed E-state index contributed by atoms with van der Waals surface area (Å²) < 4.78 is 1.05. The van der Waals surface area contributed by atoms with E-state index < -0.39 is 0 Å². The molecule has 0 spiro atoms. The molecule has 0 atom stereocenters. The topological polar surface area (TPSA) is 60.3 Å². The van der Waals surface area contributed by atoms with Crippen molar-refractivity contribution < 1.29 is 0 Å². The van der Waals surface area contributed by atoms with E-state index in [0.717, 1.165) is 43.8 Å². The number of thiophene rings is 1. The lowest BCUT2D eigenvalue weighted by Crippen LogP contribution is -1.81. The van der Waals surface area contributed by atoms with Gasteiger partial charge in [-0.3, -0.25) is 0 Å². The van der Waals surface area contributed by atoms with Crippen LogP contribution >= 0.6 is 27.3 Å². The number of rotatable bonds is 3. The van der Waals surface area contributed by atoms with Crippen molar-refractivity contribution in [2.75, 3.05) is 0 Å². The molecule has 3 N–H and O–H groups in total. The van der Waals surface area contributed by atoms with Crippen molar-refractivity contribution in [2.24, 2.45) is 0 Å². The molecule has 136 valence electrons. The summed E-state index contributed by atoms with van der Waals surface area (Å²) in [5.41, 5.74) is 5.14. The van der Waals surface area contributed by atoms with Crippen molar-refractivity contribution in [3.05, 3.63) is 64.7 Å². The van der Waals surface area contributed by atoms with E-state index in [-0.39, 0.29) is 0 Å². The first-order chi connectivity index (χ1) is 13.3. The maximum Gasteiger partial charge on any atom is 0.140 e. The smallest absolute Gasteiger partial charge is 0.140 e. The molecule has 5 aromatic rings. The highest BCUT2D eigenvalue weighted by molar-refractivity contribution is 9.10. The molecule has 27 heavy (non-hydrogen) atoms. The quantitative estimate of drug-likeness (QED) is 0.277. The van der Waals surface area contributed by atoms with Gasteiger partial charge in [-0.2, -0.15) is 0 Å². The molecule has 0 aliphatic heterocycles. The lowest BCUT2D eigenvalue weighted by atomic mass is 10.2. The lowest BCUT2D eigenvalue weighted by Gasteiger charge is -1.97. The Kier molecular flexibility index (Phi) is 5.01. The van der Waals surface area contributed by atoms with Gasteiger partial charge in [0.25, 0.3) is 0 Å². The van der Waals surface area contributed by atoms with Gasteiger partial charge in [0, 0.05) is 33.3 Å². The third-order valence-corrected chi connectivity index (χ3v) is 5.60. The van der Waals surface area contributed by atoms with Crippen LogP contribution in [0.15, 0.2) is 64.7 Å². The third-order valence-electron chi connectivity index (χ3n) is 4.22. The number of imidazole rings is 1. The summed E-state index contributed by atoms with van der Waals surface area (Å²) in [7, 11) is 0. The van der Waals surface area contributed by atoms with E-state index in [0.29, 0.717) is 0 Å². The number of benzene rings is 1. The number of hydrogen-bond donors (Lipinski definition) is 3. The predicted molar refractivity (Wildman–Crippen MR) is 118 cm³/mol. The highest BCUT2D eigenvalue weighted by atomic mass is 79.9. The fraction of sp³-hybridized carbons (Fsp3) is 0.0952. The molecule has 4 heterocycles. The van der Waals surface area contributed by atoms with Gasteiger partial charge in [0.1, 0.15) is 11.5 Å². The zero-order valence-corrected chi connectivity index (χ0v) is 17.4. The Morgan fingerprint density at radius 2 is 1.93 bits per heavy atom. The van der Waals surface area contributed by atoms with E-state index in [1.165, 1.54) is 4.88 Å². The zero-order chi connectivity index (χ0) is 18.8. The maximum atomic E-state index is 4.92. The van der Waals surface area contributed by atoms with E-state index in [1.807, 2.05) is 44.4 Å². The first-order valence-electron chi connectivity index (χ1n) is 8.84. The molecule has 6 heteroatoms. The molecule has 0 amide bonds. The SMILES string of the molecule is Brc1ccc2[nH]cc(-c3nc(-c4ccc[nH]4)c(-c4cccs4)[nH]3)c2c1.CC. The van der Waals surface area contributed by atoms with Crippen LogP contribution in [0.2, 0.25) is 0 Å².